The van der Waals surface area contributed by atoms with E-state index in [1.54, 1.807) is 0 Å². The number of hydrogen-bond acceptors (Lipinski definition) is 1. The molecule has 76 valence electrons. The number of benzene rings is 1. The highest BCUT2D eigenvalue weighted by atomic mass is 19.1. The molecule has 2 N–H and O–H groups in total. The second-order valence-electron chi connectivity index (χ2n) is 4.06. The van der Waals surface area contributed by atoms with Gasteiger partial charge in [-0.1, -0.05) is 6.07 Å². The van der Waals surface area contributed by atoms with E-state index in [0.717, 1.165) is 12.8 Å². The molecule has 0 aromatic heterocycles. The minimum Gasteiger partial charge on any atom is -0.325 e. The zero-order chi connectivity index (χ0) is 10.2. The minimum absolute atomic E-state index is 0.144. The van der Waals surface area contributed by atoms with Crippen LogP contribution in [0.15, 0.2) is 18.2 Å². The van der Waals surface area contributed by atoms with Crippen molar-refractivity contribution in [3.63, 3.8) is 0 Å². The second-order valence-corrected chi connectivity index (χ2v) is 4.06. The van der Waals surface area contributed by atoms with Gasteiger partial charge in [0.2, 0.25) is 0 Å². The molecule has 3 heteroatoms. The van der Waals surface area contributed by atoms with Crippen molar-refractivity contribution in [2.75, 3.05) is 0 Å². The van der Waals surface area contributed by atoms with Crippen molar-refractivity contribution in [1.82, 2.24) is 0 Å². The maximum atomic E-state index is 13.2. The highest BCUT2D eigenvalue weighted by molar-refractivity contribution is 5.20. The van der Waals surface area contributed by atoms with Crippen LogP contribution in [0.2, 0.25) is 0 Å². The summed E-state index contributed by atoms with van der Waals surface area (Å²) in [7, 11) is 0. The zero-order valence-corrected chi connectivity index (χ0v) is 7.89. The summed E-state index contributed by atoms with van der Waals surface area (Å²) in [6.07, 6.45) is 3.02. The first kappa shape index (κ1) is 9.59. The zero-order valence-electron chi connectivity index (χ0n) is 7.89. The average molecular weight is 197 g/mol. The monoisotopic (exact) mass is 197 g/mol. The van der Waals surface area contributed by atoms with Crippen LogP contribution in [-0.4, -0.2) is 5.54 Å². The van der Waals surface area contributed by atoms with Crippen LogP contribution in [0.5, 0.6) is 0 Å². The van der Waals surface area contributed by atoms with Crippen LogP contribution in [0.1, 0.15) is 24.8 Å². The molecule has 1 aromatic rings. The third-order valence-electron chi connectivity index (χ3n) is 2.83. The van der Waals surface area contributed by atoms with Crippen molar-refractivity contribution in [3.05, 3.63) is 35.4 Å². The van der Waals surface area contributed by atoms with Crippen molar-refractivity contribution >= 4 is 0 Å². The molecule has 0 bridgehead atoms. The van der Waals surface area contributed by atoms with Crippen LogP contribution in [-0.2, 0) is 6.42 Å². The maximum Gasteiger partial charge on any atom is 0.129 e. The van der Waals surface area contributed by atoms with E-state index in [-0.39, 0.29) is 11.1 Å². The Labute approximate surface area is 81.9 Å². The number of nitrogens with two attached hydrogens (primary N) is 1. The first-order valence-electron chi connectivity index (χ1n) is 4.82. The largest absolute Gasteiger partial charge is 0.325 e. The summed E-state index contributed by atoms with van der Waals surface area (Å²) in [5.74, 6) is -0.927. The first-order chi connectivity index (χ1) is 6.61. The van der Waals surface area contributed by atoms with Gasteiger partial charge in [-0.2, -0.15) is 0 Å². The summed E-state index contributed by atoms with van der Waals surface area (Å²) < 4.78 is 26.3. The van der Waals surface area contributed by atoms with Gasteiger partial charge in [0, 0.05) is 11.1 Å². The number of halogens is 2. The predicted octanol–water partition coefficient (Wildman–Crippen LogP) is 2.39. The Balaban J connectivity index is 2.08. The van der Waals surface area contributed by atoms with Crippen molar-refractivity contribution in [2.45, 2.75) is 31.2 Å². The van der Waals surface area contributed by atoms with Crippen LogP contribution < -0.4 is 5.73 Å². The van der Waals surface area contributed by atoms with Crippen molar-refractivity contribution in [3.8, 4) is 0 Å². The fraction of sp³-hybridized carbons (Fsp3) is 0.455. The van der Waals surface area contributed by atoms with Gasteiger partial charge in [0.1, 0.15) is 11.6 Å². The molecule has 0 heterocycles. The third-order valence-corrected chi connectivity index (χ3v) is 2.83. The van der Waals surface area contributed by atoms with Gasteiger partial charge in [-0.25, -0.2) is 8.78 Å². The fourth-order valence-electron chi connectivity index (χ4n) is 1.56. The Bertz CT molecular complexity index is 325. The maximum absolute atomic E-state index is 13.2. The topological polar surface area (TPSA) is 26.0 Å². The van der Waals surface area contributed by atoms with E-state index in [1.165, 1.54) is 18.2 Å². The lowest BCUT2D eigenvalue weighted by molar-refractivity contribution is 0.529. The summed E-state index contributed by atoms with van der Waals surface area (Å²) in [4.78, 5) is 0. The summed E-state index contributed by atoms with van der Waals surface area (Å²) >= 11 is 0. The molecule has 0 atom stereocenters. The molecular weight excluding hydrogens is 184 g/mol. The van der Waals surface area contributed by atoms with Crippen LogP contribution in [0.4, 0.5) is 8.78 Å². The molecule has 0 aliphatic heterocycles. The molecule has 0 saturated heterocycles. The normalized spacial score (nSPS) is 18.2. The van der Waals surface area contributed by atoms with Crippen molar-refractivity contribution in [1.29, 1.82) is 0 Å². The predicted molar refractivity (Wildman–Crippen MR) is 50.8 cm³/mol. The lowest BCUT2D eigenvalue weighted by Crippen LogP contribution is -2.22. The van der Waals surface area contributed by atoms with Crippen LogP contribution in [0.25, 0.3) is 0 Å². The molecule has 2 rings (SSSR count). The van der Waals surface area contributed by atoms with Crippen molar-refractivity contribution in [2.24, 2.45) is 5.73 Å². The Morgan fingerprint density at radius 3 is 2.29 bits per heavy atom. The number of rotatable bonds is 3. The molecule has 1 saturated carbocycles. The van der Waals surface area contributed by atoms with Gasteiger partial charge in [-0.05, 0) is 37.8 Å². The molecular formula is C11H13F2N. The van der Waals surface area contributed by atoms with Crippen molar-refractivity contribution < 1.29 is 8.78 Å². The highest BCUT2D eigenvalue weighted by Crippen LogP contribution is 2.36. The van der Waals surface area contributed by atoms with E-state index in [4.69, 9.17) is 5.73 Å². The van der Waals surface area contributed by atoms with Gasteiger partial charge in [-0.15, -0.1) is 0 Å². The molecule has 0 amide bonds. The van der Waals surface area contributed by atoms with E-state index in [1.807, 2.05) is 0 Å². The molecule has 1 aliphatic carbocycles. The Morgan fingerprint density at radius 2 is 1.79 bits per heavy atom. The van der Waals surface area contributed by atoms with E-state index < -0.39 is 11.6 Å². The summed E-state index contributed by atoms with van der Waals surface area (Å²) in [5, 5.41) is 0. The van der Waals surface area contributed by atoms with Gasteiger partial charge < -0.3 is 5.73 Å². The molecule has 1 aliphatic rings. The third kappa shape index (κ3) is 1.93. The fourth-order valence-corrected chi connectivity index (χ4v) is 1.56. The van der Waals surface area contributed by atoms with Gasteiger partial charge in [0.25, 0.3) is 0 Å². The molecule has 1 nitrogen and oxygen atoms in total. The van der Waals surface area contributed by atoms with E-state index >= 15 is 0 Å². The van der Waals surface area contributed by atoms with E-state index in [9.17, 15) is 8.78 Å². The summed E-state index contributed by atoms with van der Waals surface area (Å²) in [5.41, 5.74) is 5.88. The SMILES string of the molecule is NC1(CCc2c(F)cccc2F)CC1. The van der Waals surface area contributed by atoms with Gasteiger partial charge in [-0.3, -0.25) is 0 Å². The Hall–Kier alpha value is -0.960. The summed E-state index contributed by atoms with van der Waals surface area (Å²) in [6, 6.07) is 3.95. The van der Waals surface area contributed by atoms with Crippen LogP contribution >= 0.6 is 0 Å². The first-order valence-corrected chi connectivity index (χ1v) is 4.82. The Kier molecular flexibility index (Phi) is 2.27. The molecule has 0 radical (unpaired) electrons. The highest BCUT2D eigenvalue weighted by Gasteiger charge is 2.37. The van der Waals surface area contributed by atoms with Gasteiger partial charge in [0.05, 0.1) is 0 Å². The molecule has 1 fully saturated rings. The lowest BCUT2D eigenvalue weighted by Gasteiger charge is -2.09. The Morgan fingerprint density at radius 1 is 1.21 bits per heavy atom. The molecule has 0 unspecified atom stereocenters. The molecule has 0 spiro atoms. The van der Waals surface area contributed by atoms with E-state index in [2.05, 4.69) is 0 Å². The lowest BCUT2D eigenvalue weighted by atomic mass is 10.0. The quantitative estimate of drug-likeness (QED) is 0.791. The minimum atomic E-state index is -0.464. The summed E-state index contributed by atoms with van der Waals surface area (Å²) in [6.45, 7) is 0. The number of hydrogen-bond donors (Lipinski definition) is 1. The second kappa shape index (κ2) is 3.31. The average Bonchev–Trinajstić information content (AvgIpc) is 2.83. The van der Waals surface area contributed by atoms with Gasteiger partial charge in [0.15, 0.2) is 0 Å². The van der Waals surface area contributed by atoms with E-state index in [0.29, 0.717) is 12.8 Å². The van der Waals surface area contributed by atoms with Gasteiger partial charge >= 0.3 is 0 Å². The standard InChI is InChI=1S/C11H13F2N/c12-9-2-1-3-10(13)8(9)4-5-11(14)6-7-11/h1-3H,4-7,14H2. The molecule has 1 aromatic carbocycles. The van der Waals surface area contributed by atoms with Crippen LogP contribution in [0, 0.1) is 11.6 Å². The smallest absolute Gasteiger partial charge is 0.129 e. The van der Waals surface area contributed by atoms with Crippen LogP contribution in [0.3, 0.4) is 0 Å². The molecule has 14 heavy (non-hydrogen) atoms.